The summed E-state index contributed by atoms with van der Waals surface area (Å²) in [4.78, 5) is 0. The van der Waals surface area contributed by atoms with Gasteiger partial charge in [0, 0.05) is 12.6 Å². The van der Waals surface area contributed by atoms with Gasteiger partial charge in [-0.3, -0.25) is 0 Å². The Morgan fingerprint density at radius 2 is 1.94 bits per heavy atom. The van der Waals surface area contributed by atoms with Crippen molar-refractivity contribution in [2.45, 2.75) is 51.7 Å². The number of unbranched alkanes of at least 4 members (excludes halogenated alkanes) is 1. The third kappa shape index (κ3) is 8.85. The molecule has 1 fully saturated rings. The van der Waals surface area contributed by atoms with Crippen LogP contribution >= 0.6 is 0 Å². The number of ether oxygens (including phenoxy) is 1. The summed E-state index contributed by atoms with van der Waals surface area (Å²) < 4.78 is 31.0. The molecule has 5 nitrogen and oxygen atoms in total. The maximum absolute atomic E-state index is 11.6. The van der Waals surface area contributed by atoms with Crippen LogP contribution < -0.4 is 10.0 Å². The highest BCUT2D eigenvalue weighted by Crippen LogP contribution is 2.18. The van der Waals surface area contributed by atoms with Crippen molar-refractivity contribution in [3.05, 3.63) is 0 Å². The van der Waals surface area contributed by atoms with E-state index < -0.39 is 10.0 Å². The molecule has 0 atom stereocenters. The molecule has 0 aromatic carbocycles. The van der Waals surface area contributed by atoms with Crippen LogP contribution in [0.3, 0.4) is 0 Å². The molecule has 1 aliphatic rings. The highest BCUT2D eigenvalue weighted by molar-refractivity contribution is 7.89. The minimum Gasteiger partial charge on any atom is -0.377 e. The molecule has 0 saturated heterocycles. The smallest absolute Gasteiger partial charge is 0.211 e. The topological polar surface area (TPSA) is 67.4 Å². The van der Waals surface area contributed by atoms with Crippen molar-refractivity contribution in [2.24, 2.45) is 0 Å². The maximum Gasteiger partial charge on any atom is 0.211 e. The molecule has 1 aliphatic carbocycles. The van der Waals surface area contributed by atoms with Crippen LogP contribution in [-0.2, 0) is 14.8 Å². The number of hydrogen-bond donors (Lipinski definition) is 2. The van der Waals surface area contributed by atoms with E-state index >= 15 is 0 Å². The van der Waals surface area contributed by atoms with Crippen molar-refractivity contribution in [3.63, 3.8) is 0 Å². The van der Waals surface area contributed by atoms with E-state index in [1.807, 2.05) is 13.8 Å². The molecule has 1 saturated carbocycles. The lowest BCUT2D eigenvalue weighted by Gasteiger charge is -2.09. The third-order valence-electron chi connectivity index (χ3n) is 2.73. The summed E-state index contributed by atoms with van der Waals surface area (Å²) >= 11 is 0. The third-order valence-corrected chi connectivity index (χ3v) is 4.20. The molecule has 0 radical (unpaired) electrons. The van der Waals surface area contributed by atoms with E-state index in [4.69, 9.17) is 4.74 Å². The second-order valence-electron chi connectivity index (χ2n) is 5.07. The van der Waals surface area contributed by atoms with Gasteiger partial charge in [-0.05, 0) is 46.1 Å². The Morgan fingerprint density at radius 3 is 2.56 bits per heavy atom. The van der Waals surface area contributed by atoms with E-state index in [0.717, 1.165) is 13.0 Å². The molecule has 0 unspecified atom stereocenters. The number of nitrogens with one attached hydrogen (secondary N) is 2. The molecule has 0 aromatic rings. The fourth-order valence-electron chi connectivity index (χ4n) is 1.57. The molecule has 0 amide bonds. The fourth-order valence-corrected chi connectivity index (χ4v) is 2.70. The lowest BCUT2D eigenvalue weighted by atomic mass is 10.3. The first-order valence-electron chi connectivity index (χ1n) is 6.82. The van der Waals surface area contributed by atoms with Gasteiger partial charge in [0.2, 0.25) is 10.0 Å². The zero-order chi connectivity index (χ0) is 13.4. The van der Waals surface area contributed by atoms with Gasteiger partial charge in [0.05, 0.1) is 18.5 Å². The Balaban J connectivity index is 1.96. The van der Waals surface area contributed by atoms with Crippen LogP contribution in [0, 0.1) is 0 Å². The minimum atomic E-state index is -3.12. The van der Waals surface area contributed by atoms with E-state index in [2.05, 4.69) is 10.0 Å². The Bertz CT molecular complexity index is 313. The fraction of sp³-hybridized carbons (Fsp3) is 1.00. The van der Waals surface area contributed by atoms with E-state index in [0.29, 0.717) is 25.6 Å². The first-order valence-corrected chi connectivity index (χ1v) is 8.47. The Labute approximate surface area is 111 Å². The lowest BCUT2D eigenvalue weighted by Crippen LogP contribution is -2.30. The van der Waals surface area contributed by atoms with Crippen LogP contribution in [0.1, 0.15) is 39.5 Å². The molecular formula is C12H26N2O3S. The van der Waals surface area contributed by atoms with Crippen molar-refractivity contribution in [1.82, 2.24) is 10.0 Å². The summed E-state index contributed by atoms with van der Waals surface area (Å²) in [5, 5.41) is 3.37. The molecule has 0 bridgehead atoms. The van der Waals surface area contributed by atoms with E-state index in [1.165, 1.54) is 12.8 Å². The first-order chi connectivity index (χ1) is 8.49. The molecule has 0 aromatic heterocycles. The van der Waals surface area contributed by atoms with Gasteiger partial charge in [-0.25, -0.2) is 13.1 Å². The van der Waals surface area contributed by atoms with Gasteiger partial charge in [-0.2, -0.15) is 0 Å². The SMILES string of the molecule is CC(C)OCCNS(=O)(=O)CCCCNC1CC1. The summed E-state index contributed by atoms with van der Waals surface area (Å²) in [6.45, 7) is 5.58. The van der Waals surface area contributed by atoms with Gasteiger partial charge >= 0.3 is 0 Å². The summed E-state index contributed by atoms with van der Waals surface area (Å²) in [6, 6.07) is 0.702. The summed E-state index contributed by atoms with van der Waals surface area (Å²) in [5.74, 6) is 0.209. The molecule has 0 aliphatic heterocycles. The molecule has 0 spiro atoms. The van der Waals surface area contributed by atoms with Crippen LogP contribution in [-0.4, -0.2) is 46.0 Å². The van der Waals surface area contributed by atoms with Crippen LogP contribution in [0.4, 0.5) is 0 Å². The average molecular weight is 278 g/mol. The predicted octanol–water partition coefficient (Wildman–Crippen LogP) is 0.863. The molecule has 6 heteroatoms. The zero-order valence-electron chi connectivity index (χ0n) is 11.4. The molecule has 0 heterocycles. The number of sulfonamides is 1. The van der Waals surface area contributed by atoms with Gasteiger partial charge in [0.1, 0.15) is 0 Å². The second kappa shape index (κ2) is 8.09. The largest absolute Gasteiger partial charge is 0.377 e. The van der Waals surface area contributed by atoms with E-state index in [-0.39, 0.29) is 11.9 Å². The van der Waals surface area contributed by atoms with Crippen molar-refractivity contribution in [1.29, 1.82) is 0 Å². The zero-order valence-corrected chi connectivity index (χ0v) is 12.3. The molecule has 108 valence electrons. The van der Waals surface area contributed by atoms with Crippen LogP contribution in [0.25, 0.3) is 0 Å². The van der Waals surface area contributed by atoms with Gasteiger partial charge < -0.3 is 10.1 Å². The van der Waals surface area contributed by atoms with Crippen LogP contribution in [0.15, 0.2) is 0 Å². The second-order valence-corrected chi connectivity index (χ2v) is 6.99. The van der Waals surface area contributed by atoms with Crippen molar-refractivity contribution in [2.75, 3.05) is 25.4 Å². The molecule has 2 N–H and O–H groups in total. The predicted molar refractivity (Wildman–Crippen MR) is 73.1 cm³/mol. The average Bonchev–Trinajstić information content (AvgIpc) is 3.07. The van der Waals surface area contributed by atoms with Gasteiger partial charge in [-0.1, -0.05) is 0 Å². The van der Waals surface area contributed by atoms with Crippen molar-refractivity contribution < 1.29 is 13.2 Å². The van der Waals surface area contributed by atoms with E-state index in [1.54, 1.807) is 0 Å². The molecule has 18 heavy (non-hydrogen) atoms. The molecular weight excluding hydrogens is 252 g/mol. The van der Waals surface area contributed by atoms with Gasteiger partial charge in [0.15, 0.2) is 0 Å². The lowest BCUT2D eigenvalue weighted by molar-refractivity contribution is 0.0834. The summed E-state index contributed by atoms with van der Waals surface area (Å²) in [6.07, 6.45) is 4.31. The quantitative estimate of drug-likeness (QED) is 0.550. The summed E-state index contributed by atoms with van der Waals surface area (Å²) in [5.41, 5.74) is 0. The first kappa shape index (κ1) is 15.9. The Morgan fingerprint density at radius 1 is 1.22 bits per heavy atom. The van der Waals surface area contributed by atoms with Gasteiger partial charge in [0.25, 0.3) is 0 Å². The van der Waals surface area contributed by atoms with Crippen LogP contribution in [0.2, 0.25) is 0 Å². The van der Waals surface area contributed by atoms with Crippen LogP contribution in [0.5, 0.6) is 0 Å². The van der Waals surface area contributed by atoms with Crippen molar-refractivity contribution in [3.8, 4) is 0 Å². The molecule has 1 rings (SSSR count). The maximum atomic E-state index is 11.6. The highest BCUT2D eigenvalue weighted by atomic mass is 32.2. The highest BCUT2D eigenvalue weighted by Gasteiger charge is 2.19. The summed E-state index contributed by atoms with van der Waals surface area (Å²) in [7, 11) is -3.12. The van der Waals surface area contributed by atoms with Crippen molar-refractivity contribution >= 4 is 10.0 Å². The normalized spacial score (nSPS) is 16.4. The standard InChI is InChI=1S/C12H26N2O3S/c1-11(2)17-9-8-14-18(15,16)10-4-3-7-13-12-5-6-12/h11-14H,3-10H2,1-2H3. The van der Waals surface area contributed by atoms with E-state index in [9.17, 15) is 8.42 Å². The number of hydrogen-bond acceptors (Lipinski definition) is 4. The van der Waals surface area contributed by atoms with Gasteiger partial charge in [-0.15, -0.1) is 0 Å². The minimum absolute atomic E-state index is 0.142. The number of rotatable bonds is 11. The Kier molecular flexibility index (Phi) is 7.14. The Hall–Kier alpha value is -0.170. The monoisotopic (exact) mass is 278 g/mol.